The minimum Gasteiger partial charge on any atom is -0.342 e. The first-order chi connectivity index (χ1) is 15.8. The predicted octanol–water partition coefficient (Wildman–Crippen LogP) is 3.45. The SMILES string of the molecule is CCN(CC)S(=O)(=O)c1ccc(CCC(=O)Nc2ccc(CC(=O)N3CCCC3)cc2)cc1. The Morgan fingerprint density at radius 3 is 2.06 bits per heavy atom. The molecule has 0 spiro atoms. The first-order valence-electron chi connectivity index (χ1n) is 11.6. The number of amides is 2. The largest absolute Gasteiger partial charge is 0.342 e. The molecule has 33 heavy (non-hydrogen) atoms. The molecule has 0 unspecified atom stereocenters. The fourth-order valence-electron chi connectivity index (χ4n) is 3.98. The van der Waals surface area contributed by atoms with Crippen molar-refractivity contribution in [2.45, 2.75) is 50.8 Å². The molecule has 1 N–H and O–H groups in total. The highest BCUT2D eigenvalue weighted by Crippen LogP contribution is 2.18. The van der Waals surface area contributed by atoms with Crippen molar-refractivity contribution in [2.75, 3.05) is 31.5 Å². The van der Waals surface area contributed by atoms with Gasteiger partial charge in [0.2, 0.25) is 21.8 Å². The molecule has 0 saturated carbocycles. The summed E-state index contributed by atoms with van der Waals surface area (Å²) >= 11 is 0. The van der Waals surface area contributed by atoms with Crippen molar-refractivity contribution < 1.29 is 18.0 Å². The Labute approximate surface area is 196 Å². The second-order valence-corrected chi connectivity index (χ2v) is 10.2. The molecule has 0 radical (unpaired) electrons. The van der Waals surface area contributed by atoms with E-state index in [0.29, 0.717) is 31.6 Å². The average molecular weight is 472 g/mol. The normalized spacial score (nSPS) is 14.0. The standard InChI is InChI=1S/C25H33N3O4S/c1-3-28(4-2)33(31,32)23-14-9-20(10-15-23)11-16-24(29)26-22-12-7-21(8-13-22)19-25(30)27-17-5-6-18-27/h7-10,12-15H,3-6,11,16-19H2,1-2H3,(H,26,29). The summed E-state index contributed by atoms with van der Waals surface area (Å²) in [5.74, 6) is 0.0379. The fraction of sp³-hybridized carbons (Fsp3) is 0.440. The van der Waals surface area contributed by atoms with E-state index in [1.807, 2.05) is 43.0 Å². The van der Waals surface area contributed by atoms with Gasteiger partial charge in [0.15, 0.2) is 0 Å². The molecule has 1 fully saturated rings. The number of hydrogen-bond acceptors (Lipinski definition) is 4. The first-order valence-corrected chi connectivity index (χ1v) is 13.0. The average Bonchev–Trinajstić information content (AvgIpc) is 3.35. The first kappa shape index (κ1) is 24.9. The molecule has 2 aromatic rings. The van der Waals surface area contributed by atoms with Gasteiger partial charge >= 0.3 is 0 Å². The Kier molecular flexibility index (Phi) is 8.63. The summed E-state index contributed by atoms with van der Waals surface area (Å²) in [4.78, 5) is 26.8. The van der Waals surface area contributed by atoms with Gasteiger partial charge in [-0.05, 0) is 54.7 Å². The number of likely N-dealkylation sites (tertiary alicyclic amines) is 1. The van der Waals surface area contributed by atoms with Crippen LogP contribution in [0.25, 0.3) is 0 Å². The van der Waals surface area contributed by atoms with Crippen molar-refractivity contribution in [2.24, 2.45) is 0 Å². The van der Waals surface area contributed by atoms with E-state index in [1.165, 1.54) is 4.31 Å². The van der Waals surface area contributed by atoms with Gasteiger partial charge in [0.05, 0.1) is 11.3 Å². The minimum atomic E-state index is -3.48. The molecule has 0 bridgehead atoms. The van der Waals surface area contributed by atoms with Crippen LogP contribution in [0.4, 0.5) is 5.69 Å². The molecule has 0 atom stereocenters. The number of benzene rings is 2. The molecule has 1 aliphatic heterocycles. The topological polar surface area (TPSA) is 86.8 Å². The second-order valence-electron chi connectivity index (χ2n) is 8.24. The van der Waals surface area contributed by atoms with Crippen LogP contribution < -0.4 is 5.32 Å². The third kappa shape index (κ3) is 6.65. The summed E-state index contributed by atoms with van der Waals surface area (Å²) in [6, 6.07) is 14.1. The summed E-state index contributed by atoms with van der Waals surface area (Å²) in [5.41, 5.74) is 2.53. The number of aryl methyl sites for hydroxylation is 1. The maximum absolute atomic E-state index is 12.6. The van der Waals surface area contributed by atoms with E-state index in [4.69, 9.17) is 0 Å². The predicted molar refractivity (Wildman–Crippen MR) is 129 cm³/mol. The van der Waals surface area contributed by atoms with Crippen LogP contribution in [0.5, 0.6) is 0 Å². The van der Waals surface area contributed by atoms with Crippen LogP contribution in [0.3, 0.4) is 0 Å². The van der Waals surface area contributed by atoms with Gasteiger partial charge in [0.1, 0.15) is 0 Å². The molecule has 2 amide bonds. The minimum absolute atomic E-state index is 0.115. The summed E-state index contributed by atoms with van der Waals surface area (Å²) in [6.45, 7) is 6.18. The van der Waals surface area contributed by atoms with E-state index in [2.05, 4.69) is 5.32 Å². The lowest BCUT2D eigenvalue weighted by Gasteiger charge is -2.18. The van der Waals surface area contributed by atoms with Crippen LogP contribution in [0.2, 0.25) is 0 Å². The van der Waals surface area contributed by atoms with E-state index in [9.17, 15) is 18.0 Å². The number of nitrogens with zero attached hydrogens (tertiary/aromatic N) is 2. The molecule has 0 aliphatic carbocycles. The van der Waals surface area contributed by atoms with E-state index in [1.54, 1.807) is 24.3 Å². The van der Waals surface area contributed by atoms with Crippen LogP contribution >= 0.6 is 0 Å². The van der Waals surface area contributed by atoms with Gasteiger partial charge < -0.3 is 10.2 Å². The van der Waals surface area contributed by atoms with E-state index in [-0.39, 0.29) is 23.1 Å². The number of rotatable bonds is 10. The summed E-state index contributed by atoms with van der Waals surface area (Å²) < 4.78 is 26.6. The van der Waals surface area contributed by atoms with Gasteiger partial charge in [-0.1, -0.05) is 38.1 Å². The zero-order valence-electron chi connectivity index (χ0n) is 19.4. The monoisotopic (exact) mass is 471 g/mol. The van der Waals surface area contributed by atoms with Crippen molar-refractivity contribution in [3.63, 3.8) is 0 Å². The zero-order chi connectivity index (χ0) is 23.8. The zero-order valence-corrected chi connectivity index (χ0v) is 20.2. The van der Waals surface area contributed by atoms with Gasteiger partial charge in [-0.3, -0.25) is 9.59 Å². The lowest BCUT2D eigenvalue weighted by molar-refractivity contribution is -0.129. The molecule has 7 nitrogen and oxygen atoms in total. The Hall–Kier alpha value is -2.71. The molecule has 0 aromatic heterocycles. The fourth-order valence-corrected chi connectivity index (χ4v) is 5.44. The van der Waals surface area contributed by atoms with Crippen LogP contribution in [0.15, 0.2) is 53.4 Å². The van der Waals surface area contributed by atoms with Gasteiger partial charge in [0, 0.05) is 38.3 Å². The molecule has 3 rings (SSSR count). The smallest absolute Gasteiger partial charge is 0.243 e. The molecule has 1 heterocycles. The van der Waals surface area contributed by atoms with E-state index < -0.39 is 10.0 Å². The number of sulfonamides is 1. The Morgan fingerprint density at radius 1 is 0.909 bits per heavy atom. The van der Waals surface area contributed by atoms with Crippen molar-refractivity contribution in [1.29, 1.82) is 0 Å². The molecule has 1 aliphatic rings. The number of anilines is 1. The Morgan fingerprint density at radius 2 is 1.48 bits per heavy atom. The van der Waals surface area contributed by atoms with Crippen LogP contribution in [-0.2, 0) is 32.5 Å². The van der Waals surface area contributed by atoms with Crippen molar-refractivity contribution in [1.82, 2.24) is 9.21 Å². The van der Waals surface area contributed by atoms with Crippen molar-refractivity contribution in [3.05, 3.63) is 59.7 Å². The summed E-state index contributed by atoms with van der Waals surface area (Å²) in [7, 11) is -3.48. The van der Waals surface area contributed by atoms with Gasteiger partial charge in [0.25, 0.3) is 0 Å². The van der Waals surface area contributed by atoms with Crippen LogP contribution in [0.1, 0.15) is 44.2 Å². The molecular formula is C25H33N3O4S. The number of carbonyl (C=O) groups excluding carboxylic acids is 2. The second kappa shape index (κ2) is 11.4. The maximum Gasteiger partial charge on any atom is 0.243 e. The maximum atomic E-state index is 12.6. The van der Waals surface area contributed by atoms with Crippen molar-refractivity contribution in [3.8, 4) is 0 Å². The van der Waals surface area contributed by atoms with Crippen LogP contribution in [-0.4, -0.2) is 55.6 Å². The van der Waals surface area contributed by atoms with Gasteiger partial charge in [-0.25, -0.2) is 8.42 Å². The number of hydrogen-bond donors (Lipinski definition) is 1. The lowest BCUT2D eigenvalue weighted by atomic mass is 10.1. The van der Waals surface area contributed by atoms with Gasteiger partial charge in [-0.2, -0.15) is 4.31 Å². The molecule has 1 saturated heterocycles. The quantitative estimate of drug-likeness (QED) is 0.575. The lowest BCUT2D eigenvalue weighted by Crippen LogP contribution is -2.30. The molecular weight excluding hydrogens is 438 g/mol. The third-order valence-corrected chi connectivity index (χ3v) is 8.02. The molecule has 2 aromatic carbocycles. The third-order valence-electron chi connectivity index (χ3n) is 5.96. The van der Waals surface area contributed by atoms with E-state index in [0.717, 1.165) is 37.1 Å². The Bertz CT molecular complexity index is 1040. The van der Waals surface area contributed by atoms with Crippen molar-refractivity contribution >= 4 is 27.5 Å². The number of carbonyl (C=O) groups is 2. The molecule has 8 heteroatoms. The molecule has 178 valence electrons. The van der Waals surface area contributed by atoms with Crippen LogP contribution in [0, 0.1) is 0 Å². The highest BCUT2D eigenvalue weighted by Gasteiger charge is 2.21. The summed E-state index contributed by atoms with van der Waals surface area (Å²) in [5, 5.41) is 2.88. The highest BCUT2D eigenvalue weighted by molar-refractivity contribution is 7.89. The van der Waals surface area contributed by atoms with E-state index >= 15 is 0 Å². The van der Waals surface area contributed by atoms with Gasteiger partial charge in [-0.15, -0.1) is 0 Å². The summed E-state index contributed by atoms with van der Waals surface area (Å²) in [6.07, 6.45) is 3.35. The highest BCUT2D eigenvalue weighted by atomic mass is 32.2. The number of nitrogens with one attached hydrogen (secondary N) is 1. The Balaban J connectivity index is 1.48.